The summed E-state index contributed by atoms with van der Waals surface area (Å²) in [5, 5.41) is 10.1. The fraction of sp³-hybridized carbons (Fsp3) is 0.750. The number of allylic oxidation sites excluding steroid dienone is 1. The van der Waals surface area contributed by atoms with E-state index >= 15 is 0 Å². The molecule has 0 radical (unpaired) electrons. The third-order valence-corrected chi connectivity index (χ3v) is 8.69. The molecule has 6 atom stereocenters. The van der Waals surface area contributed by atoms with Gasteiger partial charge in [-0.3, -0.25) is 19.3 Å². The van der Waals surface area contributed by atoms with Gasteiger partial charge in [0.2, 0.25) is 11.8 Å². The lowest BCUT2D eigenvalue weighted by Gasteiger charge is -2.39. The minimum atomic E-state index is -1.14. The second kappa shape index (κ2) is 11.9. The zero-order chi connectivity index (χ0) is 27.5. The minimum absolute atomic E-state index is 0.235. The fourth-order valence-electron chi connectivity index (χ4n) is 6.76. The summed E-state index contributed by atoms with van der Waals surface area (Å²) < 4.78 is 17.7. The average molecular weight is 534 g/mol. The summed E-state index contributed by atoms with van der Waals surface area (Å²) in [6.45, 7) is 15.4. The number of carbonyl (C=O) groups excluding carboxylic acids is 3. The van der Waals surface area contributed by atoms with E-state index in [0.717, 1.165) is 19.5 Å². The van der Waals surface area contributed by atoms with Crippen LogP contribution >= 0.6 is 0 Å². The van der Waals surface area contributed by atoms with Crippen molar-refractivity contribution in [2.24, 2.45) is 11.8 Å². The molecule has 0 aliphatic carbocycles. The lowest BCUT2D eigenvalue weighted by molar-refractivity contribution is -0.161. The monoisotopic (exact) mass is 533 g/mol. The molecule has 38 heavy (non-hydrogen) atoms. The number of hydrogen-bond donors (Lipinski definition) is 1. The highest BCUT2D eigenvalue weighted by atomic mass is 16.6. The molecule has 4 aliphatic rings. The Balaban J connectivity index is 1.62. The van der Waals surface area contributed by atoms with Gasteiger partial charge in [0.25, 0.3) is 0 Å². The molecule has 0 aromatic carbocycles. The Labute approximate surface area is 225 Å². The Kier molecular flexibility index (Phi) is 8.96. The number of amides is 2. The predicted octanol–water partition coefficient (Wildman–Crippen LogP) is 0.988. The molecule has 0 aromatic rings. The Morgan fingerprint density at radius 2 is 2.00 bits per heavy atom. The molecule has 1 N–H and O–H groups in total. The first-order valence-electron chi connectivity index (χ1n) is 13.8. The van der Waals surface area contributed by atoms with Crippen LogP contribution in [0.3, 0.4) is 0 Å². The fourth-order valence-corrected chi connectivity index (χ4v) is 6.76. The summed E-state index contributed by atoms with van der Waals surface area (Å²) in [6, 6.07) is -1.55. The van der Waals surface area contributed by atoms with Crippen LogP contribution in [0, 0.1) is 11.8 Å². The number of likely N-dealkylation sites (tertiary alicyclic amines) is 1. The highest BCUT2D eigenvalue weighted by Crippen LogP contribution is 2.63. The highest BCUT2D eigenvalue weighted by Gasteiger charge is 2.78. The number of esters is 1. The molecule has 0 aromatic heterocycles. The van der Waals surface area contributed by atoms with Crippen molar-refractivity contribution in [3.63, 3.8) is 0 Å². The van der Waals surface area contributed by atoms with Crippen molar-refractivity contribution in [3.05, 3.63) is 25.3 Å². The normalized spacial score (nSPS) is 33.2. The Bertz CT molecular complexity index is 922. The number of hydrogen-bond acceptors (Lipinski definition) is 8. The van der Waals surface area contributed by atoms with Crippen LogP contribution in [0.5, 0.6) is 0 Å². The number of aliphatic hydroxyl groups excluding tert-OH is 1. The second-order valence-corrected chi connectivity index (χ2v) is 11.1. The summed E-state index contributed by atoms with van der Waals surface area (Å²) in [4.78, 5) is 47.1. The van der Waals surface area contributed by atoms with Crippen molar-refractivity contribution in [1.82, 2.24) is 14.7 Å². The maximum absolute atomic E-state index is 14.3. The number of unbranched alkanes of at least 4 members (excludes halogenated alkanes) is 1. The van der Waals surface area contributed by atoms with Crippen LogP contribution in [0.4, 0.5) is 0 Å². The molecule has 2 bridgehead atoms. The van der Waals surface area contributed by atoms with Crippen LogP contribution < -0.4 is 0 Å². The summed E-state index contributed by atoms with van der Waals surface area (Å²) in [6.07, 6.45) is 5.85. The van der Waals surface area contributed by atoms with Crippen molar-refractivity contribution >= 4 is 17.8 Å². The van der Waals surface area contributed by atoms with E-state index in [0.29, 0.717) is 52.1 Å². The van der Waals surface area contributed by atoms with E-state index in [1.807, 2.05) is 6.92 Å². The van der Waals surface area contributed by atoms with Gasteiger partial charge in [0.05, 0.1) is 44.0 Å². The average Bonchev–Trinajstić information content (AvgIpc) is 3.49. The molecule has 0 saturated carbocycles. The molecule has 10 heteroatoms. The number of rotatable bonds is 13. The zero-order valence-electron chi connectivity index (χ0n) is 22.8. The standard InChI is InChI=1S/C28H43N3O7/c1-5-7-8-16-37-26(35)22-21-24(33)31(20(3)19-32)23(28(21)10-9-27(22,4)38-28)25(34)30(11-6-2)13-12-29-14-17-36-18-15-29/h5-6,20-23,32H,1-2,7-19H2,3-4H3/t20-,21+,22-,23?,27+,28?/m1/s1. The number of nitrogens with zero attached hydrogens (tertiary/aromatic N) is 3. The second-order valence-electron chi connectivity index (χ2n) is 11.1. The molecule has 4 aliphatic heterocycles. The summed E-state index contributed by atoms with van der Waals surface area (Å²) in [5.74, 6) is -2.66. The molecule has 4 heterocycles. The topological polar surface area (TPSA) is 109 Å². The minimum Gasteiger partial charge on any atom is -0.465 e. The van der Waals surface area contributed by atoms with Gasteiger partial charge in [-0.25, -0.2) is 0 Å². The van der Waals surface area contributed by atoms with E-state index in [9.17, 15) is 19.5 Å². The smallest absolute Gasteiger partial charge is 0.312 e. The van der Waals surface area contributed by atoms with Gasteiger partial charge >= 0.3 is 5.97 Å². The number of carbonyl (C=O) groups is 3. The Morgan fingerprint density at radius 1 is 1.26 bits per heavy atom. The third kappa shape index (κ3) is 5.03. The van der Waals surface area contributed by atoms with E-state index in [1.54, 1.807) is 24.0 Å². The van der Waals surface area contributed by atoms with Crippen LogP contribution in [0.15, 0.2) is 25.3 Å². The van der Waals surface area contributed by atoms with Gasteiger partial charge in [-0.1, -0.05) is 12.2 Å². The van der Waals surface area contributed by atoms with Crippen LogP contribution in [0.25, 0.3) is 0 Å². The van der Waals surface area contributed by atoms with Crippen LogP contribution in [0.2, 0.25) is 0 Å². The highest BCUT2D eigenvalue weighted by molar-refractivity contribution is 5.98. The van der Waals surface area contributed by atoms with Crippen LogP contribution in [0.1, 0.15) is 39.5 Å². The number of fused-ring (bicyclic) bond motifs is 1. The molecule has 4 saturated heterocycles. The SMILES string of the molecule is C=CCCCOC(=O)[C@H]1[C@H]2C(=O)N([C@H](C)CO)C(C(=O)N(CC=C)CCN3CCOCC3)C23CC[C@]1(C)O3. The van der Waals surface area contributed by atoms with Gasteiger partial charge < -0.3 is 29.1 Å². The van der Waals surface area contributed by atoms with Gasteiger partial charge in [-0.15, -0.1) is 13.2 Å². The Morgan fingerprint density at radius 3 is 2.66 bits per heavy atom. The maximum atomic E-state index is 14.3. The summed E-state index contributed by atoms with van der Waals surface area (Å²) >= 11 is 0. The molecule has 2 unspecified atom stereocenters. The number of morpholine rings is 1. The van der Waals surface area contributed by atoms with Gasteiger partial charge in [0, 0.05) is 32.7 Å². The third-order valence-electron chi connectivity index (χ3n) is 8.69. The first-order chi connectivity index (χ1) is 18.2. The molecule has 2 amide bonds. The summed E-state index contributed by atoms with van der Waals surface area (Å²) in [5.41, 5.74) is -2.03. The molecule has 4 rings (SSSR count). The van der Waals surface area contributed by atoms with Crippen molar-refractivity contribution in [2.45, 2.75) is 62.8 Å². The maximum Gasteiger partial charge on any atom is 0.312 e. The van der Waals surface area contributed by atoms with E-state index in [2.05, 4.69) is 18.1 Å². The van der Waals surface area contributed by atoms with Crippen LogP contribution in [-0.2, 0) is 28.6 Å². The van der Waals surface area contributed by atoms with Gasteiger partial charge in [-0.05, 0) is 39.5 Å². The first-order valence-corrected chi connectivity index (χ1v) is 13.8. The lowest BCUT2D eigenvalue weighted by atomic mass is 9.66. The number of ether oxygens (including phenoxy) is 3. The Hall–Kier alpha value is -2.27. The van der Waals surface area contributed by atoms with E-state index in [1.165, 1.54) is 4.90 Å². The predicted molar refractivity (Wildman–Crippen MR) is 140 cm³/mol. The lowest BCUT2D eigenvalue weighted by Crippen LogP contribution is -2.59. The van der Waals surface area contributed by atoms with Gasteiger partial charge in [0.1, 0.15) is 17.6 Å². The van der Waals surface area contributed by atoms with Gasteiger partial charge in [-0.2, -0.15) is 0 Å². The number of aliphatic hydroxyl groups is 1. The van der Waals surface area contributed by atoms with Gasteiger partial charge in [0.15, 0.2) is 0 Å². The largest absolute Gasteiger partial charge is 0.465 e. The van der Waals surface area contributed by atoms with Crippen molar-refractivity contribution in [1.29, 1.82) is 0 Å². The molecule has 4 fully saturated rings. The summed E-state index contributed by atoms with van der Waals surface area (Å²) in [7, 11) is 0. The molecular weight excluding hydrogens is 490 g/mol. The zero-order valence-corrected chi connectivity index (χ0v) is 22.8. The molecular formula is C28H43N3O7. The van der Waals surface area contributed by atoms with Crippen molar-refractivity contribution < 1.29 is 33.7 Å². The quantitative estimate of drug-likeness (QED) is 0.212. The van der Waals surface area contributed by atoms with E-state index in [-0.39, 0.29) is 25.0 Å². The molecule has 1 spiro atoms. The first kappa shape index (κ1) is 28.7. The van der Waals surface area contributed by atoms with E-state index in [4.69, 9.17) is 14.2 Å². The van der Waals surface area contributed by atoms with Crippen molar-refractivity contribution in [3.8, 4) is 0 Å². The van der Waals surface area contributed by atoms with Crippen molar-refractivity contribution in [2.75, 3.05) is 59.2 Å². The molecule has 10 nitrogen and oxygen atoms in total. The van der Waals surface area contributed by atoms with E-state index < -0.39 is 41.1 Å². The van der Waals surface area contributed by atoms with Crippen LogP contribution in [-0.4, -0.2) is 120 Å². The molecule has 212 valence electrons.